The van der Waals surface area contributed by atoms with Gasteiger partial charge >= 0.3 is 0 Å². The Morgan fingerprint density at radius 3 is 2.89 bits per heavy atom. The normalized spacial score (nSPS) is 28.6. The maximum absolute atomic E-state index is 13.5. The molecule has 1 aromatic carbocycles. The number of anilines is 1. The molecule has 0 unspecified atom stereocenters. The standard InChI is InChI=1S/C15H17ClFNO/c16-12-3-4-13(17)14(8-12)18-15(19)7-11-6-9-1-2-10(11)5-9/h3-4,8-11H,1-2,5-7H2,(H,18,19)/t9-,10-,11-/m1/s1. The van der Waals surface area contributed by atoms with Crippen molar-refractivity contribution in [2.24, 2.45) is 17.8 Å². The van der Waals surface area contributed by atoms with Crippen molar-refractivity contribution >= 4 is 23.2 Å². The number of halogens is 2. The smallest absolute Gasteiger partial charge is 0.224 e. The van der Waals surface area contributed by atoms with E-state index in [0.29, 0.717) is 23.3 Å². The highest BCUT2D eigenvalue weighted by Gasteiger charge is 2.40. The zero-order valence-electron chi connectivity index (χ0n) is 10.7. The Morgan fingerprint density at radius 1 is 1.37 bits per heavy atom. The van der Waals surface area contributed by atoms with Crippen molar-refractivity contribution in [3.05, 3.63) is 29.0 Å². The quantitative estimate of drug-likeness (QED) is 0.882. The van der Waals surface area contributed by atoms with Crippen LogP contribution in [0.15, 0.2) is 18.2 Å². The second-order valence-electron chi connectivity index (χ2n) is 5.81. The van der Waals surface area contributed by atoms with E-state index < -0.39 is 5.82 Å². The van der Waals surface area contributed by atoms with Crippen molar-refractivity contribution < 1.29 is 9.18 Å². The summed E-state index contributed by atoms with van der Waals surface area (Å²) in [5, 5.41) is 3.07. The Hall–Kier alpha value is -1.09. The molecule has 0 saturated heterocycles. The number of nitrogens with one attached hydrogen (secondary N) is 1. The molecule has 102 valence electrons. The summed E-state index contributed by atoms with van der Waals surface area (Å²) in [6, 6.07) is 4.20. The SMILES string of the molecule is O=C(C[C@H]1C[C@@H]2CC[C@@H]1C2)Nc1cc(Cl)ccc1F. The zero-order valence-corrected chi connectivity index (χ0v) is 11.4. The average Bonchev–Trinajstić information content (AvgIpc) is 2.96. The highest BCUT2D eigenvalue weighted by atomic mass is 35.5. The first kappa shape index (κ1) is 12.9. The summed E-state index contributed by atoms with van der Waals surface area (Å²) in [5.41, 5.74) is 0.181. The summed E-state index contributed by atoms with van der Waals surface area (Å²) in [7, 11) is 0. The molecule has 2 aliphatic carbocycles. The van der Waals surface area contributed by atoms with Crippen molar-refractivity contribution in [2.45, 2.75) is 32.1 Å². The van der Waals surface area contributed by atoms with Crippen molar-refractivity contribution in [3.63, 3.8) is 0 Å². The van der Waals surface area contributed by atoms with Crippen molar-refractivity contribution in [1.82, 2.24) is 0 Å². The molecular formula is C15H17ClFNO. The van der Waals surface area contributed by atoms with Crippen LogP contribution in [0.25, 0.3) is 0 Å². The van der Waals surface area contributed by atoms with E-state index in [0.717, 1.165) is 12.3 Å². The molecule has 0 aromatic heterocycles. The zero-order chi connectivity index (χ0) is 13.4. The molecule has 0 heterocycles. The minimum Gasteiger partial charge on any atom is -0.324 e. The molecule has 2 aliphatic rings. The predicted molar refractivity (Wildman–Crippen MR) is 73.6 cm³/mol. The van der Waals surface area contributed by atoms with Gasteiger partial charge in [0, 0.05) is 11.4 Å². The summed E-state index contributed by atoms with van der Waals surface area (Å²) in [6.45, 7) is 0. The van der Waals surface area contributed by atoms with Crippen LogP contribution in [0.1, 0.15) is 32.1 Å². The Labute approximate surface area is 117 Å². The number of carbonyl (C=O) groups is 1. The highest BCUT2D eigenvalue weighted by Crippen LogP contribution is 2.49. The Bertz CT molecular complexity index is 505. The van der Waals surface area contributed by atoms with E-state index in [-0.39, 0.29) is 11.6 Å². The van der Waals surface area contributed by atoms with Gasteiger partial charge in [0.25, 0.3) is 0 Å². The molecule has 3 rings (SSSR count). The third kappa shape index (κ3) is 2.76. The van der Waals surface area contributed by atoms with Crippen molar-refractivity contribution in [1.29, 1.82) is 0 Å². The van der Waals surface area contributed by atoms with Crippen LogP contribution in [0.4, 0.5) is 10.1 Å². The molecule has 0 spiro atoms. The van der Waals surface area contributed by atoms with Gasteiger partial charge in [0.15, 0.2) is 0 Å². The highest BCUT2D eigenvalue weighted by molar-refractivity contribution is 6.30. The van der Waals surface area contributed by atoms with Crippen LogP contribution in [0.2, 0.25) is 5.02 Å². The van der Waals surface area contributed by atoms with Gasteiger partial charge in [-0.25, -0.2) is 4.39 Å². The lowest BCUT2D eigenvalue weighted by Crippen LogP contribution is -2.20. The van der Waals surface area contributed by atoms with E-state index in [9.17, 15) is 9.18 Å². The van der Waals surface area contributed by atoms with Crippen LogP contribution < -0.4 is 5.32 Å². The van der Waals surface area contributed by atoms with Gasteiger partial charge in [-0.1, -0.05) is 18.0 Å². The van der Waals surface area contributed by atoms with Crippen LogP contribution in [-0.4, -0.2) is 5.91 Å². The van der Waals surface area contributed by atoms with E-state index in [2.05, 4.69) is 5.32 Å². The van der Waals surface area contributed by atoms with Gasteiger partial charge in [0.1, 0.15) is 5.82 Å². The van der Waals surface area contributed by atoms with Gasteiger partial charge < -0.3 is 5.32 Å². The van der Waals surface area contributed by atoms with Crippen LogP contribution in [0.3, 0.4) is 0 Å². The van der Waals surface area contributed by atoms with Gasteiger partial charge in [0.05, 0.1) is 5.69 Å². The number of rotatable bonds is 3. The first-order chi connectivity index (χ1) is 9.11. The Morgan fingerprint density at radius 2 is 2.21 bits per heavy atom. The largest absolute Gasteiger partial charge is 0.324 e. The third-order valence-electron chi connectivity index (χ3n) is 4.53. The van der Waals surface area contributed by atoms with Crippen molar-refractivity contribution in [3.8, 4) is 0 Å². The minimum atomic E-state index is -0.439. The number of carbonyl (C=O) groups excluding carboxylic acids is 1. The van der Waals surface area contributed by atoms with E-state index >= 15 is 0 Å². The summed E-state index contributed by atoms with van der Waals surface area (Å²) in [4.78, 5) is 12.0. The fraction of sp³-hybridized carbons (Fsp3) is 0.533. The number of hydrogen-bond acceptors (Lipinski definition) is 1. The Balaban J connectivity index is 1.61. The molecule has 4 heteroatoms. The summed E-state index contributed by atoms with van der Waals surface area (Å²) >= 11 is 5.80. The molecule has 2 bridgehead atoms. The second kappa shape index (κ2) is 5.12. The third-order valence-corrected chi connectivity index (χ3v) is 4.77. The van der Waals surface area contributed by atoms with E-state index in [4.69, 9.17) is 11.6 Å². The van der Waals surface area contributed by atoms with Crippen LogP contribution in [0, 0.1) is 23.6 Å². The molecule has 0 radical (unpaired) electrons. The molecule has 1 aromatic rings. The fourth-order valence-corrected chi connectivity index (χ4v) is 3.83. The predicted octanol–water partition coefficient (Wildman–Crippen LogP) is 4.24. The van der Waals surface area contributed by atoms with Crippen LogP contribution in [0.5, 0.6) is 0 Å². The molecule has 1 amide bonds. The number of benzene rings is 1. The molecule has 3 atom stereocenters. The molecule has 0 aliphatic heterocycles. The molecule has 2 fully saturated rings. The average molecular weight is 282 g/mol. The molecule has 2 saturated carbocycles. The second-order valence-corrected chi connectivity index (χ2v) is 6.25. The topological polar surface area (TPSA) is 29.1 Å². The molecule has 1 N–H and O–H groups in total. The summed E-state index contributed by atoms with van der Waals surface area (Å²) < 4.78 is 13.5. The molecule has 19 heavy (non-hydrogen) atoms. The maximum Gasteiger partial charge on any atom is 0.224 e. The molecule has 2 nitrogen and oxygen atoms in total. The number of fused-ring (bicyclic) bond motifs is 2. The summed E-state index contributed by atoms with van der Waals surface area (Å²) in [5.74, 6) is 1.48. The fourth-order valence-electron chi connectivity index (χ4n) is 3.66. The van der Waals surface area contributed by atoms with Gasteiger partial charge in [-0.15, -0.1) is 0 Å². The van der Waals surface area contributed by atoms with Gasteiger partial charge in [-0.3, -0.25) is 4.79 Å². The summed E-state index contributed by atoms with van der Waals surface area (Å²) in [6.07, 6.45) is 5.53. The first-order valence-electron chi connectivity index (χ1n) is 6.86. The minimum absolute atomic E-state index is 0.0984. The number of hydrogen-bond donors (Lipinski definition) is 1. The van der Waals surface area contributed by atoms with E-state index in [1.807, 2.05) is 0 Å². The maximum atomic E-state index is 13.5. The lowest BCUT2D eigenvalue weighted by molar-refractivity contribution is -0.117. The van der Waals surface area contributed by atoms with Crippen molar-refractivity contribution in [2.75, 3.05) is 5.32 Å². The van der Waals surface area contributed by atoms with Gasteiger partial charge in [-0.05, 0) is 55.2 Å². The van der Waals surface area contributed by atoms with Crippen LogP contribution in [-0.2, 0) is 4.79 Å². The van der Waals surface area contributed by atoms with E-state index in [1.165, 1.54) is 37.5 Å². The lowest BCUT2D eigenvalue weighted by atomic mass is 9.86. The van der Waals surface area contributed by atoms with Crippen LogP contribution >= 0.6 is 11.6 Å². The Kier molecular flexibility index (Phi) is 3.48. The monoisotopic (exact) mass is 281 g/mol. The van der Waals surface area contributed by atoms with Gasteiger partial charge in [-0.2, -0.15) is 0 Å². The molecular weight excluding hydrogens is 265 g/mol. The van der Waals surface area contributed by atoms with E-state index in [1.54, 1.807) is 0 Å². The lowest BCUT2D eigenvalue weighted by Gasteiger charge is -2.21. The van der Waals surface area contributed by atoms with Gasteiger partial charge in [0.2, 0.25) is 5.91 Å². The first-order valence-corrected chi connectivity index (χ1v) is 7.24. The number of amides is 1.